The van der Waals surface area contributed by atoms with E-state index in [1.165, 1.54) is 13.0 Å². The molecule has 0 fully saturated rings. The Kier molecular flexibility index (Phi) is 5.93. The van der Waals surface area contributed by atoms with E-state index in [2.05, 4.69) is 0 Å². The van der Waals surface area contributed by atoms with Gasteiger partial charge >= 0.3 is 11.6 Å². The van der Waals surface area contributed by atoms with Crippen LogP contribution in [0.3, 0.4) is 0 Å². The van der Waals surface area contributed by atoms with Crippen molar-refractivity contribution in [2.75, 3.05) is 17.2 Å². The minimum Gasteiger partial charge on any atom is -0.448 e. The van der Waals surface area contributed by atoms with Crippen LogP contribution in [0, 0.1) is 19.8 Å². The van der Waals surface area contributed by atoms with Gasteiger partial charge in [-0.2, -0.15) is 0 Å². The fraction of sp³-hybridized carbons (Fsp3) is 0.381. The van der Waals surface area contributed by atoms with E-state index in [-0.39, 0.29) is 23.1 Å². The number of esters is 1. The number of nitrogens with zero attached hydrogens (tertiary/aromatic N) is 1. The lowest BCUT2D eigenvalue weighted by Crippen LogP contribution is -2.46. The Morgan fingerprint density at radius 1 is 1.21 bits per heavy atom. The molecule has 1 amide bonds. The SMILES string of the molecule is Cc1cc(=O)oc(C)c1C(=O)O[C@H](C(=O)N1CCSc2ccccc21)C(C)C. The number of carbonyl (C=O) groups is 2. The van der Waals surface area contributed by atoms with Gasteiger partial charge in [0.25, 0.3) is 5.91 Å². The number of carbonyl (C=O) groups excluding carboxylic acids is 2. The predicted octanol–water partition coefficient (Wildman–Crippen LogP) is 3.58. The van der Waals surface area contributed by atoms with E-state index in [1.54, 1.807) is 23.6 Å². The van der Waals surface area contributed by atoms with E-state index >= 15 is 0 Å². The molecule has 2 heterocycles. The molecule has 0 spiro atoms. The molecule has 148 valence electrons. The molecular weight excluding hydrogens is 378 g/mol. The lowest BCUT2D eigenvalue weighted by atomic mass is 10.0. The zero-order valence-corrected chi connectivity index (χ0v) is 17.2. The van der Waals surface area contributed by atoms with Crippen LogP contribution in [0.1, 0.15) is 35.5 Å². The van der Waals surface area contributed by atoms with Crippen LogP contribution in [-0.2, 0) is 9.53 Å². The average Bonchev–Trinajstić information content (AvgIpc) is 2.64. The van der Waals surface area contributed by atoms with E-state index < -0.39 is 17.7 Å². The fourth-order valence-electron chi connectivity index (χ4n) is 3.26. The molecule has 7 heteroatoms. The maximum atomic E-state index is 13.3. The number of aryl methyl sites for hydroxylation is 2. The quantitative estimate of drug-likeness (QED) is 0.729. The van der Waals surface area contributed by atoms with Gasteiger partial charge in [0, 0.05) is 23.3 Å². The van der Waals surface area contributed by atoms with Crippen LogP contribution < -0.4 is 10.5 Å². The van der Waals surface area contributed by atoms with Gasteiger partial charge in [0.05, 0.1) is 5.69 Å². The number of thioether (sulfide) groups is 1. The van der Waals surface area contributed by atoms with Crippen molar-refractivity contribution in [2.24, 2.45) is 5.92 Å². The number of amides is 1. The van der Waals surface area contributed by atoms with Crippen LogP contribution >= 0.6 is 11.8 Å². The Labute approximate surface area is 167 Å². The smallest absolute Gasteiger partial charge is 0.342 e. The van der Waals surface area contributed by atoms with Gasteiger partial charge in [0.1, 0.15) is 11.3 Å². The molecule has 0 radical (unpaired) electrons. The second-order valence-electron chi connectivity index (χ2n) is 7.06. The number of anilines is 1. The van der Waals surface area contributed by atoms with Gasteiger partial charge in [0.2, 0.25) is 0 Å². The van der Waals surface area contributed by atoms with Crippen molar-refractivity contribution in [1.29, 1.82) is 0 Å². The van der Waals surface area contributed by atoms with E-state index in [9.17, 15) is 14.4 Å². The first-order valence-electron chi connectivity index (χ1n) is 9.15. The highest BCUT2D eigenvalue weighted by molar-refractivity contribution is 7.99. The number of benzene rings is 1. The summed E-state index contributed by atoms with van der Waals surface area (Å²) in [5.74, 6) is -0.155. The average molecular weight is 401 g/mol. The number of fused-ring (bicyclic) bond motifs is 1. The number of para-hydroxylation sites is 1. The maximum absolute atomic E-state index is 13.3. The third-order valence-electron chi connectivity index (χ3n) is 4.62. The lowest BCUT2D eigenvalue weighted by Gasteiger charge is -2.33. The van der Waals surface area contributed by atoms with E-state index in [1.807, 2.05) is 38.1 Å². The molecule has 0 saturated carbocycles. The minimum absolute atomic E-state index is 0.185. The molecule has 0 bridgehead atoms. The van der Waals surface area contributed by atoms with Crippen molar-refractivity contribution in [3.8, 4) is 0 Å². The first kappa shape index (κ1) is 20.2. The molecule has 1 aromatic heterocycles. The number of ether oxygens (including phenoxy) is 1. The number of hydrogen-bond donors (Lipinski definition) is 0. The van der Waals surface area contributed by atoms with Crippen LogP contribution in [0.2, 0.25) is 0 Å². The summed E-state index contributed by atoms with van der Waals surface area (Å²) in [5.41, 5.74) is 0.968. The molecular formula is C21H23NO5S. The summed E-state index contributed by atoms with van der Waals surface area (Å²) in [7, 11) is 0. The van der Waals surface area contributed by atoms with Gasteiger partial charge in [-0.1, -0.05) is 26.0 Å². The molecule has 2 aromatic rings. The largest absolute Gasteiger partial charge is 0.448 e. The van der Waals surface area contributed by atoms with E-state index in [0.29, 0.717) is 12.1 Å². The van der Waals surface area contributed by atoms with Gasteiger partial charge in [-0.3, -0.25) is 4.79 Å². The van der Waals surface area contributed by atoms with Gasteiger partial charge in [-0.25, -0.2) is 9.59 Å². The summed E-state index contributed by atoms with van der Waals surface area (Å²) in [5, 5.41) is 0. The van der Waals surface area contributed by atoms with Gasteiger partial charge in [-0.05, 0) is 37.5 Å². The third kappa shape index (κ3) is 3.99. The number of rotatable bonds is 4. The minimum atomic E-state index is -0.936. The van der Waals surface area contributed by atoms with Crippen molar-refractivity contribution in [3.63, 3.8) is 0 Å². The topological polar surface area (TPSA) is 76.8 Å². The summed E-state index contributed by atoms with van der Waals surface area (Å²) in [6.07, 6.45) is -0.936. The Hall–Kier alpha value is -2.54. The summed E-state index contributed by atoms with van der Waals surface area (Å²) in [4.78, 5) is 40.2. The summed E-state index contributed by atoms with van der Waals surface area (Å²) in [6, 6.07) is 8.95. The highest BCUT2D eigenvalue weighted by Crippen LogP contribution is 2.35. The Morgan fingerprint density at radius 3 is 2.61 bits per heavy atom. The molecule has 1 aromatic carbocycles. The van der Waals surface area contributed by atoms with E-state index in [0.717, 1.165) is 16.3 Å². The molecule has 0 N–H and O–H groups in total. The molecule has 3 rings (SSSR count). The molecule has 1 aliphatic rings. The van der Waals surface area contributed by atoms with Gasteiger partial charge < -0.3 is 14.1 Å². The Balaban J connectivity index is 1.88. The van der Waals surface area contributed by atoms with Crippen molar-refractivity contribution in [3.05, 3.63) is 57.6 Å². The summed E-state index contributed by atoms with van der Waals surface area (Å²) < 4.78 is 10.7. The molecule has 28 heavy (non-hydrogen) atoms. The second-order valence-corrected chi connectivity index (χ2v) is 8.19. The van der Waals surface area contributed by atoms with Crippen molar-refractivity contribution >= 4 is 29.3 Å². The molecule has 1 aliphatic heterocycles. The second kappa shape index (κ2) is 8.22. The maximum Gasteiger partial charge on any atom is 0.342 e. The molecule has 1 atom stereocenters. The highest BCUT2D eigenvalue weighted by atomic mass is 32.2. The van der Waals surface area contributed by atoms with Crippen LogP contribution in [0.4, 0.5) is 5.69 Å². The monoisotopic (exact) mass is 401 g/mol. The van der Waals surface area contributed by atoms with Crippen molar-refractivity contribution in [2.45, 2.75) is 38.7 Å². The Bertz CT molecular complexity index is 939. The Morgan fingerprint density at radius 2 is 1.93 bits per heavy atom. The van der Waals surface area contributed by atoms with Gasteiger partial charge in [0.15, 0.2) is 6.10 Å². The highest BCUT2D eigenvalue weighted by Gasteiger charge is 2.34. The lowest BCUT2D eigenvalue weighted by molar-refractivity contribution is -0.129. The first-order chi connectivity index (χ1) is 13.3. The third-order valence-corrected chi connectivity index (χ3v) is 5.66. The van der Waals surface area contributed by atoms with Gasteiger partial charge in [-0.15, -0.1) is 11.8 Å². The standard InChI is InChI=1S/C21H23NO5S/c1-12(2)19(27-21(25)18-13(3)11-17(23)26-14(18)4)20(24)22-9-10-28-16-8-6-5-7-15(16)22/h5-8,11-12,19H,9-10H2,1-4H3/t19-/m0/s1. The molecule has 0 saturated heterocycles. The number of hydrogen-bond acceptors (Lipinski definition) is 6. The fourth-order valence-corrected chi connectivity index (χ4v) is 4.26. The molecule has 0 unspecified atom stereocenters. The van der Waals surface area contributed by atoms with Crippen LogP contribution in [0.5, 0.6) is 0 Å². The van der Waals surface area contributed by atoms with Crippen LogP contribution in [0.25, 0.3) is 0 Å². The van der Waals surface area contributed by atoms with Crippen molar-refractivity contribution < 1.29 is 18.7 Å². The normalized spacial score (nSPS) is 14.5. The summed E-state index contributed by atoms with van der Waals surface area (Å²) in [6.45, 7) is 7.41. The predicted molar refractivity (Wildman–Crippen MR) is 108 cm³/mol. The van der Waals surface area contributed by atoms with Crippen LogP contribution in [-0.4, -0.2) is 30.3 Å². The summed E-state index contributed by atoms with van der Waals surface area (Å²) >= 11 is 1.70. The zero-order valence-electron chi connectivity index (χ0n) is 16.4. The van der Waals surface area contributed by atoms with Crippen molar-refractivity contribution in [1.82, 2.24) is 0 Å². The first-order valence-corrected chi connectivity index (χ1v) is 10.1. The zero-order chi connectivity index (χ0) is 20.4. The van der Waals surface area contributed by atoms with Crippen LogP contribution in [0.15, 0.2) is 44.4 Å². The van der Waals surface area contributed by atoms with E-state index in [4.69, 9.17) is 9.15 Å². The molecule has 6 nitrogen and oxygen atoms in total. The molecule has 0 aliphatic carbocycles.